The third-order valence-corrected chi connectivity index (χ3v) is 6.53. The summed E-state index contributed by atoms with van der Waals surface area (Å²) in [5.41, 5.74) is 0.217. The quantitative estimate of drug-likeness (QED) is 0.630. The molecule has 0 radical (unpaired) electrons. The Morgan fingerprint density at radius 3 is 2.69 bits per heavy atom. The first-order chi connectivity index (χ1) is 12.3. The van der Waals surface area contributed by atoms with E-state index in [-0.39, 0.29) is 22.2 Å². The number of halogens is 2. The predicted molar refractivity (Wildman–Crippen MR) is 94.0 cm³/mol. The molecule has 2 aromatic rings. The molecule has 1 unspecified atom stereocenters. The van der Waals surface area contributed by atoms with E-state index in [0.29, 0.717) is 18.7 Å². The zero-order valence-electron chi connectivity index (χ0n) is 13.4. The maximum Gasteiger partial charge on any atom is 0.271 e. The molecule has 1 heterocycles. The molecule has 1 aliphatic heterocycles. The molecule has 7 nitrogen and oxygen atoms in total. The summed E-state index contributed by atoms with van der Waals surface area (Å²) in [6.45, 7) is 0.903. The summed E-state index contributed by atoms with van der Waals surface area (Å²) >= 11 is 6.01. The Labute approximate surface area is 154 Å². The summed E-state index contributed by atoms with van der Waals surface area (Å²) in [6.07, 6.45) is 0. The molecule has 0 spiro atoms. The first-order valence-electron chi connectivity index (χ1n) is 7.72. The van der Waals surface area contributed by atoms with Gasteiger partial charge in [0.1, 0.15) is 10.7 Å². The fourth-order valence-corrected chi connectivity index (χ4v) is 5.04. The van der Waals surface area contributed by atoms with E-state index in [2.05, 4.69) is 5.32 Å². The average molecular weight is 400 g/mol. The highest BCUT2D eigenvalue weighted by Gasteiger charge is 2.36. The molecular weight excluding hydrogens is 385 g/mol. The Kier molecular flexibility index (Phi) is 5.24. The molecule has 2 aromatic carbocycles. The van der Waals surface area contributed by atoms with Gasteiger partial charge in [0.05, 0.1) is 16.0 Å². The second-order valence-corrected chi connectivity index (χ2v) is 8.03. The van der Waals surface area contributed by atoms with Crippen LogP contribution in [0.4, 0.5) is 10.1 Å². The lowest BCUT2D eigenvalue weighted by molar-refractivity contribution is -0.384. The molecule has 26 heavy (non-hydrogen) atoms. The number of hydrogen-bond acceptors (Lipinski definition) is 5. The molecule has 1 saturated heterocycles. The van der Waals surface area contributed by atoms with Gasteiger partial charge in [0.2, 0.25) is 10.0 Å². The molecule has 0 saturated carbocycles. The lowest BCUT2D eigenvalue weighted by Gasteiger charge is -2.35. The largest absolute Gasteiger partial charge is 0.313 e. The van der Waals surface area contributed by atoms with Crippen molar-refractivity contribution >= 4 is 27.3 Å². The number of benzene rings is 2. The van der Waals surface area contributed by atoms with Gasteiger partial charge in [-0.3, -0.25) is 10.1 Å². The van der Waals surface area contributed by atoms with Gasteiger partial charge in [0.15, 0.2) is 0 Å². The van der Waals surface area contributed by atoms with Crippen LogP contribution in [0.1, 0.15) is 11.6 Å². The molecule has 0 aromatic heterocycles. The highest BCUT2D eigenvalue weighted by atomic mass is 35.5. The van der Waals surface area contributed by atoms with Gasteiger partial charge in [-0.2, -0.15) is 4.31 Å². The van der Waals surface area contributed by atoms with Gasteiger partial charge in [-0.15, -0.1) is 0 Å². The van der Waals surface area contributed by atoms with Gasteiger partial charge >= 0.3 is 0 Å². The minimum Gasteiger partial charge on any atom is -0.313 e. The van der Waals surface area contributed by atoms with Gasteiger partial charge < -0.3 is 5.32 Å². The molecule has 1 atom stereocenters. The first kappa shape index (κ1) is 18.7. The van der Waals surface area contributed by atoms with E-state index in [1.165, 1.54) is 22.5 Å². The Morgan fingerprint density at radius 2 is 2.04 bits per heavy atom. The molecule has 1 fully saturated rings. The monoisotopic (exact) mass is 399 g/mol. The second-order valence-electron chi connectivity index (χ2n) is 5.76. The van der Waals surface area contributed by atoms with Crippen molar-refractivity contribution in [2.45, 2.75) is 10.9 Å². The van der Waals surface area contributed by atoms with Crippen LogP contribution in [0, 0.1) is 15.9 Å². The molecule has 3 rings (SSSR count). The Hall–Kier alpha value is -2.07. The molecule has 10 heteroatoms. The third-order valence-electron chi connectivity index (χ3n) is 4.14. The number of sulfonamides is 1. The van der Waals surface area contributed by atoms with E-state index in [1.807, 2.05) is 0 Å². The average Bonchev–Trinajstić information content (AvgIpc) is 2.61. The Bertz CT molecular complexity index is 954. The van der Waals surface area contributed by atoms with Crippen molar-refractivity contribution in [3.05, 3.63) is 69.0 Å². The van der Waals surface area contributed by atoms with Crippen LogP contribution in [-0.4, -0.2) is 37.3 Å². The van der Waals surface area contributed by atoms with Gasteiger partial charge in [-0.1, -0.05) is 23.7 Å². The number of nitro groups is 1. The standard InChI is InChI=1S/C16H15ClFN3O4S/c17-14-9-13(21(22)23)4-5-16(14)26(24,25)20-7-6-19-10-15(20)11-2-1-3-12(18)8-11/h1-5,8-9,15,19H,6-7,10H2. The zero-order valence-corrected chi connectivity index (χ0v) is 15.0. The number of nitrogens with one attached hydrogen (secondary N) is 1. The molecule has 0 amide bonds. The van der Waals surface area contributed by atoms with Crippen LogP contribution in [0.25, 0.3) is 0 Å². The SMILES string of the molecule is O=[N+]([O-])c1ccc(S(=O)(=O)N2CCNCC2c2cccc(F)c2)c(Cl)c1. The van der Waals surface area contributed by atoms with E-state index in [9.17, 15) is 22.9 Å². The van der Waals surface area contributed by atoms with Crippen molar-refractivity contribution in [3.8, 4) is 0 Å². The minimum atomic E-state index is -4.03. The number of nitrogens with zero attached hydrogens (tertiary/aromatic N) is 2. The van der Waals surface area contributed by atoms with Crippen molar-refractivity contribution in [3.63, 3.8) is 0 Å². The highest BCUT2D eigenvalue weighted by molar-refractivity contribution is 7.89. The fraction of sp³-hybridized carbons (Fsp3) is 0.250. The van der Waals surface area contributed by atoms with Crippen LogP contribution < -0.4 is 5.32 Å². The molecule has 138 valence electrons. The number of non-ortho nitro benzene ring substituents is 1. The number of nitro benzene ring substituents is 1. The predicted octanol–water partition coefficient (Wildman–Crippen LogP) is 2.72. The minimum absolute atomic E-state index is 0.164. The molecule has 0 aliphatic carbocycles. The van der Waals surface area contributed by atoms with Crippen LogP contribution in [0.15, 0.2) is 47.4 Å². The third kappa shape index (κ3) is 3.56. The van der Waals surface area contributed by atoms with Gasteiger partial charge in [-0.25, -0.2) is 12.8 Å². The lowest BCUT2D eigenvalue weighted by atomic mass is 10.1. The van der Waals surface area contributed by atoms with Crippen molar-refractivity contribution < 1.29 is 17.7 Å². The van der Waals surface area contributed by atoms with Crippen LogP contribution >= 0.6 is 11.6 Å². The number of hydrogen-bond donors (Lipinski definition) is 1. The molecule has 0 bridgehead atoms. The smallest absolute Gasteiger partial charge is 0.271 e. The van der Waals surface area contributed by atoms with Gasteiger partial charge in [0, 0.05) is 31.8 Å². The molecular formula is C16H15ClFN3O4S. The Balaban J connectivity index is 2.02. The van der Waals surface area contributed by atoms with Crippen LogP contribution in [0.3, 0.4) is 0 Å². The van der Waals surface area contributed by atoms with Crippen molar-refractivity contribution in [2.75, 3.05) is 19.6 Å². The molecule has 1 N–H and O–H groups in total. The van der Waals surface area contributed by atoms with Crippen molar-refractivity contribution in [1.29, 1.82) is 0 Å². The Morgan fingerprint density at radius 1 is 1.27 bits per heavy atom. The van der Waals surface area contributed by atoms with E-state index < -0.39 is 26.8 Å². The van der Waals surface area contributed by atoms with Crippen LogP contribution in [0.2, 0.25) is 5.02 Å². The van der Waals surface area contributed by atoms with Gasteiger partial charge in [0.25, 0.3) is 5.69 Å². The summed E-state index contributed by atoms with van der Waals surface area (Å²) < 4.78 is 41.0. The maximum absolute atomic E-state index is 13.6. The van der Waals surface area contributed by atoms with Crippen LogP contribution in [-0.2, 0) is 10.0 Å². The fourth-order valence-electron chi connectivity index (χ4n) is 2.91. The highest BCUT2D eigenvalue weighted by Crippen LogP contribution is 2.33. The normalized spacial score (nSPS) is 18.6. The van der Waals surface area contributed by atoms with E-state index in [0.717, 1.165) is 18.2 Å². The zero-order chi connectivity index (χ0) is 18.9. The van der Waals surface area contributed by atoms with Crippen LogP contribution in [0.5, 0.6) is 0 Å². The first-order valence-corrected chi connectivity index (χ1v) is 9.54. The topological polar surface area (TPSA) is 92.5 Å². The van der Waals surface area contributed by atoms with E-state index in [1.54, 1.807) is 6.07 Å². The summed E-state index contributed by atoms with van der Waals surface area (Å²) in [4.78, 5) is 9.96. The summed E-state index contributed by atoms with van der Waals surface area (Å²) in [5, 5.41) is 13.7. The number of rotatable bonds is 4. The number of piperazine rings is 1. The van der Waals surface area contributed by atoms with Gasteiger partial charge in [-0.05, 0) is 23.8 Å². The van der Waals surface area contributed by atoms with E-state index >= 15 is 0 Å². The summed E-state index contributed by atoms with van der Waals surface area (Å²) in [5.74, 6) is -0.459. The summed E-state index contributed by atoms with van der Waals surface area (Å²) in [6, 6.07) is 8.36. The lowest BCUT2D eigenvalue weighted by Crippen LogP contribution is -2.48. The van der Waals surface area contributed by atoms with Crippen molar-refractivity contribution in [2.24, 2.45) is 0 Å². The van der Waals surface area contributed by atoms with Crippen molar-refractivity contribution in [1.82, 2.24) is 9.62 Å². The van der Waals surface area contributed by atoms with E-state index in [4.69, 9.17) is 11.6 Å². The molecule has 1 aliphatic rings. The maximum atomic E-state index is 13.6. The second kappa shape index (κ2) is 7.28. The summed E-state index contributed by atoms with van der Waals surface area (Å²) in [7, 11) is -4.03.